The smallest absolute Gasteiger partial charge is 0.364 e. The Kier molecular flexibility index (Phi) is 6.62. The second-order valence-corrected chi connectivity index (χ2v) is 5.27. The number of nitrogens with one attached hydrogen (secondary N) is 1. The molecule has 1 fully saturated rings. The maximum Gasteiger partial charge on any atom is 0.364 e. The summed E-state index contributed by atoms with van der Waals surface area (Å²) in [5, 5.41) is 59.6. The van der Waals surface area contributed by atoms with Gasteiger partial charge >= 0.3 is 5.97 Å². The van der Waals surface area contributed by atoms with E-state index in [0.717, 1.165) is 0 Å². The number of ether oxygens (including phenoxy) is 1. The van der Waals surface area contributed by atoms with Gasteiger partial charge in [0.2, 0.25) is 5.91 Å². The van der Waals surface area contributed by atoms with E-state index in [0.29, 0.717) is 0 Å². The highest BCUT2D eigenvalue weighted by Crippen LogP contribution is 2.30. The fourth-order valence-corrected chi connectivity index (χ4v) is 2.28. The number of amides is 1. The summed E-state index contributed by atoms with van der Waals surface area (Å²) in [5.41, 5.74) is 0. The molecule has 1 aliphatic rings. The van der Waals surface area contributed by atoms with E-state index in [1.165, 1.54) is 6.08 Å². The second kappa shape index (κ2) is 7.81. The third-order valence-corrected chi connectivity index (χ3v) is 3.49. The molecule has 0 bridgehead atoms. The maximum atomic E-state index is 11.6. The first-order chi connectivity index (χ1) is 10.7. The van der Waals surface area contributed by atoms with Crippen LogP contribution in [-0.2, 0) is 14.3 Å². The van der Waals surface area contributed by atoms with Crippen molar-refractivity contribution in [3.8, 4) is 0 Å². The first-order valence-electron chi connectivity index (χ1n) is 6.85. The van der Waals surface area contributed by atoms with Crippen LogP contribution in [0.25, 0.3) is 0 Å². The van der Waals surface area contributed by atoms with Gasteiger partial charge < -0.3 is 40.7 Å². The van der Waals surface area contributed by atoms with E-state index in [4.69, 9.17) is 14.9 Å². The fraction of sp³-hybridized carbons (Fsp3) is 0.692. The van der Waals surface area contributed by atoms with Gasteiger partial charge in [0.25, 0.3) is 5.79 Å². The Bertz CT molecular complexity index is 457. The molecule has 1 saturated heterocycles. The molecule has 0 aliphatic carbocycles. The molecule has 1 rings (SSSR count). The van der Waals surface area contributed by atoms with Crippen LogP contribution < -0.4 is 5.32 Å². The largest absolute Gasteiger partial charge is 0.477 e. The van der Waals surface area contributed by atoms with E-state index < -0.39 is 61.1 Å². The van der Waals surface area contributed by atoms with Crippen molar-refractivity contribution in [1.82, 2.24) is 5.32 Å². The van der Waals surface area contributed by atoms with Crippen molar-refractivity contribution in [2.75, 3.05) is 6.61 Å². The number of rotatable bonds is 7. The monoisotopic (exact) mass is 335 g/mol. The summed E-state index contributed by atoms with van der Waals surface area (Å²) in [6, 6.07) is -1.31. The first-order valence-corrected chi connectivity index (χ1v) is 6.85. The highest BCUT2D eigenvalue weighted by Gasteiger charge is 2.53. The van der Waals surface area contributed by atoms with Crippen molar-refractivity contribution in [2.45, 2.75) is 49.1 Å². The average molecular weight is 335 g/mol. The van der Waals surface area contributed by atoms with Crippen LogP contribution in [0.1, 0.15) is 12.8 Å². The molecule has 1 heterocycles. The number of carboxylic acids is 1. The summed E-state index contributed by atoms with van der Waals surface area (Å²) < 4.78 is 4.92. The van der Waals surface area contributed by atoms with Gasteiger partial charge in [-0.05, 0) is 0 Å². The highest BCUT2D eigenvalue weighted by molar-refractivity contribution is 5.78. The summed E-state index contributed by atoms with van der Waals surface area (Å²) in [5.74, 6) is -5.20. The molecule has 1 aliphatic heterocycles. The molecule has 0 spiro atoms. The van der Waals surface area contributed by atoms with E-state index in [1.807, 2.05) is 0 Å². The molecule has 0 aromatic rings. The minimum absolute atomic E-state index is 0.113. The lowest BCUT2D eigenvalue weighted by Crippen LogP contribution is -2.67. The van der Waals surface area contributed by atoms with Gasteiger partial charge in [0, 0.05) is 12.8 Å². The normalized spacial score (nSPS) is 33.5. The number of carbonyl (C=O) groups is 2. The zero-order valence-electron chi connectivity index (χ0n) is 12.2. The highest BCUT2D eigenvalue weighted by atomic mass is 16.7. The van der Waals surface area contributed by atoms with Gasteiger partial charge in [-0.1, -0.05) is 6.08 Å². The summed E-state index contributed by atoms with van der Waals surface area (Å²) in [6.45, 7) is 2.48. The number of aliphatic hydroxyl groups excluding tert-OH is 4. The van der Waals surface area contributed by atoms with Crippen LogP contribution in [0.15, 0.2) is 12.7 Å². The summed E-state index contributed by atoms with van der Waals surface area (Å²) >= 11 is 0. The van der Waals surface area contributed by atoms with Gasteiger partial charge in [0.15, 0.2) is 0 Å². The molecule has 10 heteroatoms. The van der Waals surface area contributed by atoms with Crippen LogP contribution in [0.2, 0.25) is 0 Å². The van der Waals surface area contributed by atoms with E-state index in [-0.39, 0.29) is 6.42 Å². The van der Waals surface area contributed by atoms with Crippen molar-refractivity contribution in [3.05, 3.63) is 12.7 Å². The molecular weight excluding hydrogens is 314 g/mol. The maximum absolute atomic E-state index is 11.6. The molecule has 0 aromatic heterocycles. The molecule has 0 aromatic carbocycles. The van der Waals surface area contributed by atoms with Gasteiger partial charge in [-0.2, -0.15) is 0 Å². The Hall–Kier alpha value is -1.56. The van der Waals surface area contributed by atoms with E-state index in [2.05, 4.69) is 11.9 Å². The number of carboxylic acid groups (broad SMARTS) is 1. The zero-order valence-corrected chi connectivity index (χ0v) is 12.2. The Morgan fingerprint density at radius 3 is 2.52 bits per heavy atom. The van der Waals surface area contributed by atoms with Crippen molar-refractivity contribution >= 4 is 11.9 Å². The van der Waals surface area contributed by atoms with Crippen LogP contribution in [0, 0.1) is 0 Å². The Balaban J connectivity index is 3.07. The quantitative estimate of drug-likeness (QED) is 0.235. The molecule has 6 atom stereocenters. The Morgan fingerprint density at radius 1 is 1.43 bits per heavy atom. The van der Waals surface area contributed by atoms with Gasteiger partial charge in [-0.25, -0.2) is 4.79 Å². The lowest BCUT2D eigenvalue weighted by molar-refractivity contribution is -0.295. The molecule has 0 saturated carbocycles. The van der Waals surface area contributed by atoms with Gasteiger partial charge in [0.1, 0.15) is 18.3 Å². The van der Waals surface area contributed by atoms with Crippen molar-refractivity contribution in [1.29, 1.82) is 0 Å². The van der Waals surface area contributed by atoms with Crippen molar-refractivity contribution < 1.29 is 45.0 Å². The lowest BCUT2D eigenvalue weighted by atomic mass is 9.88. The third-order valence-electron chi connectivity index (χ3n) is 3.49. The molecular formula is C13H21NO9. The molecule has 23 heavy (non-hydrogen) atoms. The Morgan fingerprint density at radius 2 is 2.04 bits per heavy atom. The number of carbonyl (C=O) groups excluding carboxylic acids is 1. The zero-order chi connectivity index (χ0) is 17.8. The first kappa shape index (κ1) is 19.5. The standard InChI is InChI=1S/C13H21NO9/c1-2-3-8(18)14-9-6(16)4-13(22,12(20)21)23-11(9)10(19)7(17)5-15/h2,6-7,9-11,15-17,19,22H,1,3-5H2,(H,14,18)(H,20,21)/t6-,7?,9+,10?,11+,13-/m0/s1. The Labute approximate surface area is 131 Å². The van der Waals surface area contributed by atoms with Crippen molar-refractivity contribution in [3.63, 3.8) is 0 Å². The van der Waals surface area contributed by atoms with Crippen LogP contribution in [0.5, 0.6) is 0 Å². The third kappa shape index (κ3) is 4.47. The van der Waals surface area contributed by atoms with Crippen LogP contribution in [0.4, 0.5) is 0 Å². The van der Waals surface area contributed by atoms with Crippen LogP contribution in [0.3, 0.4) is 0 Å². The second-order valence-electron chi connectivity index (χ2n) is 5.27. The number of hydrogen-bond acceptors (Lipinski definition) is 8. The molecule has 0 radical (unpaired) electrons. The minimum atomic E-state index is -2.81. The number of aliphatic carboxylic acids is 1. The van der Waals surface area contributed by atoms with E-state index in [9.17, 15) is 30.0 Å². The molecule has 132 valence electrons. The van der Waals surface area contributed by atoms with Gasteiger partial charge in [-0.15, -0.1) is 6.58 Å². The molecule has 2 unspecified atom stereocenters. The predicted molar refractivity (Wildman–Crippen MR) is 73.9 cm³/mol. The SMILES string of the molecule is C=CCC(=O)N[C@@H]1[C@@H](O)C[C@@](O)(C(=O)O)O[C@H]1C(O)C(O)CO. The molecule has 7 N–H and O–H groups in total. The van der Waals surface area contributed by atoms with E-state index in [1.54, 1.807) is 0 Å². The average Bonchev–Trinajstić information content (AvgIpc) is 2.48. The summed E-state index contributed by atoms with van der Waals surface area (Å²) in [7, 11) is 0. The van der Waals surface area contributed by atoms with Gasteiger partial charge in [-0.3, -0.25) is 4.79 Å². The number of aliphatic hydroxyl groups is 5. The topological polar surface area (TPSA) is 177 Å². The van der Waals surface area contributed by atoms with Crippen LogP contribution >= 0.6 is 0 Å². The molecule has 10 nitrogen and oxygen atoms in total. The van der Waals surface area contributed by atoms with E-state index >= 15 is 0 Å². The van der Waals surface area contributed by atoms with Gasteiger partial charge in [0.05, 0.1) is 18.8 Å². The molecule has 1 amide bonds. The lowest BCUT2D eigenvalue weighted by Gasteiger charge is -2.44. The number of hydrogen-bond donors (Lipinski definition) is 7. The fourth-order valence-electron chi connectivity index (χ4n) is 2.28. The minimum Gasteiger partial charge on any atom is -0.477 e. The summed E-state index contributed by atoms with van der Waals surface area (Å²) in [4.78, 5) is 22.7. The summed E-state index contributed by atoms with van der Waals surface area (Å²) in [6.07, 6.45) is -6.44. The predicted octanol–water partition coefficient (Wildman–Crippen LogP) is -3.32. The van der Waals surface area contributed by atoms with Crippen molar-refractivity contribution in [2.24, 2.45) is 0 Å². The van der Waals surface area contributed by atoms with Crippen LogP contribution in [-0.4, -0.2) is 85.4 Å².